The topological polar surface area (TPSA) is 135 Å². The zero-order valence-electron chi connectivity index (χ0n) is 13.0. The van der Waals surface area contributed by atoms with Crippen molar-refractivity contribution in [2.45, 2.75) is 28.6 Å². The van der Waals surface area contributed by atoms with Gasteiger partial charge in [-0.1, -0.05) is 29.3 Å². The molecule has 0 amide bonds. The SMILES string of the molecule is N[C@]1(C(=O)O)[C@H]2[C@@H](C[C@H]1S(=O)(=O)Cc1ccc(Cl)c(Cl)c1)[C@]2(F)C(=O)O. The molecule has 3 rings (SSSR count). The van der Waals surface area contributed by atoms with Crippen LogP contribution in [0.2, 0.25) is 10.0 Å². The monoisotopic (exact) mass is 425 g/mol. The number of nitrogens with two attached hydrogens (primary N) is 1. The van der Waals surface area contributed by atoms with Gasteiger partial charge in [-0.15, -0.1) is 0 Å². The third-order valence-corrected chi connectivity index (χ3v) is 8.21. The molecule has 2 aliphatic rings. The fourth-order valence-electron chi connectivity index (χ4n) is 4.01. The van der Waals surface area contributed by atoms with Crippen LogP contribution >= 0.6 is 23.2 Å². The number of rotatable bonds is 5. The van der Waals surface area contributed by atoms with E-state index in [-0.39, 0.29) is 15.6 Å². The van der Waals surface area contributed by atoms with Crippen molar-refractivity contribution < 1.29 is 32.6 Å². The van der Waals surface area contributed by atoms with Gasteiger partial charge in [0.1, 0.15) is 5.54 Å². The molecule has 0 unspecified atom stereocenters. The highest BCUT2D eigenvalue weighted by atomic mass is 35.5. The molecule has 1 aromatic rings. The molecule has 2 fully saturated rings. The fourth-order valence-corrected chi connectivity index (χ4v) is 6.52. The van der Waals surface area contributed by atoms with E-state index in [0.717, 1.165) is 0 Å². The number of fused-ring (bicyclic) bond motifs is 1. The molecule has 26 heavy (non-hydrogen) atoms. The van der Waals surface area contributed by atoms with E-state index in [2.05, 4.69) is 0 Å². The second kappa shape index (κ2) is 5.79. The molecule has 0 aliphatic heterocycles. The van der Waals surface area contributed by atoms with E-state index < -0.39 is 62.2 Å². The summed E-state index contributed by atoms with van der Waals surface area (Å²) in [5.41, 5.74) is 0.733. The van der Waals surface area contributed by atoms with Gasteiger partial charge in [-0.3, -0.25) is 4.79 Å². The molecule has 2 saturated carbocycles. The van der Waals surface area contributed by atoms with Crippen LogP contribution in [0.4, 0.5) is 4.39 Å². The van der Waals surface area contributed by atoms with E-state index in [1.807, 2.05) is 0 Å². The van der Waals surface area contributed by atoms with Gasteiger partial charge in [0.2, 0.25) is 5.67 Å². The highest BCUT2D eigenvalue weighted by Gasteiger charge is 2.86. The van der Waals surface area contributed by atoms with Gasteiger partial charge < -0.3 is 15.9 Å². The van der Waals surface area contributed by atoms with E-state index in [4.69, 9.17) is 34.0 Å². The van der Waals surface area contributed by atoms with Crippen molar-refractivity contribution in [1.29, 1.82) is 0 Å². The third kappa shape index (κ3) is 2.52. The number of hydrogen-bond acceptors (Lipinski definition) is 5. The predicted molar refractivity (Wildman–Crippen MR) is 90.5 cm³/mol. The number of sulfone groups is 1. The smallest absolute Gasteiger partial charge is 0.342 e. The number of alkyl halides is 1. The lowest BCUT2D eigenvalue weighted by molar-refractivity contribution is -0.149. The van der Waals surface area contributed by atoms with Gasteiger partial charge in [-0.25, -0.2) is 17.6 Å². The van der Waals surface area contributed by atoms with Crippen LogP contribution < -0.4 is 5.73 Å². The Balaban J connectivity index is 1.94. The summed E-state index contributed by atoms with van der Waals surface area (Å²) in [6.07, 6.45) is -0.472. The lowest BCUT2D eigenvalue weighted by atomic mass is 9.90. The first-order valence-electron chi connectivity index (χ1n) is 7.46. The molecule has 2 aliphatic carbocycles. The van der Waals surface area contributed by atoms with Gasteiger partial charge in [0.25, 0.3) is 0 Å². The molecule has 5 atom stereocenters. The Labute approximate surface area is 157 Å². The standard InChI is InChI=1S/C15H14Cl2FNO6S/c16-8-2-1-6(3-9(8)17)5-26(24,25)10-4-7-11(14(7,18)12(20)21)15(10,19)13(22)23/h1-3,7,10-11H,4-5,19H2,(H,20,21)(H,22,23)/t7-,10-,11+,14-,15+/m1/s1. The van der Waals surface area contributed by atoms with Crippen LogP contribution in [-0.4, -0.2) is 47.0 Å². The molecule has 0 saturated heterocycles. The Hall–Kier alpha value is -1.42. The Morgan fingerprint density at radius 3 is 2.35 bits per heavy atom. The largest absolute Gasteiger partial charge is 0.480 e. The summed E-state index contributed by atoms with van der Waals surface area (Å²) in [4.78, 5) is 22.8. The molecule has 142 valence electrons. The van der Waals surface area contributed by atoms with Crippen molar-refractivity contribution in [3.63, 3.8) is 0 Å². The van der Waals surface area contributed by atoms with Gasteiger partial charge in [0, 0.05) is 11.8 Å². The summed E-state index contributed by atoms with van der Waals surface area (Å²) in [5, 5.41) is 17.2. The third-order valence-electron chi connectivity index (χ3n) is 5.28. The van der Waals surface area contributed by atoms with E-state index in [0.29, 0.717) is 0 Å². The van der Waals surface area contributed by atoms with Gasteiger partial charge in [0.15, 0.2) is 9.84 Å². The van der Waals surface area contributed by atoms with E-state index in [9.17, 15) is 27.5 Å². The molecule has 0 aromatic heterocycles. The summed E-state index contributed by atoms with van der Waals surface area (Å²) >= 11 is 11.6. The summed E-state index contributed by atoms with van der Waals surface area (Å²) in [5.74, 6) is -7.00. The molecule has 4 N–H and O–H groups in total. The maximum Gasteiger partial charge on any atom is 0.342 e. The first-order valence-corrected chi connectivity index (χ1v) is 9.94. The van der Waals surface area contributed by atoms with Crippen LogP contribution in [0.5, 0.6) is 0 Å². The number of carboxylic acid groups (broad SMARTS) is 2. The van der Waals surface area contributed by atoms with Crippen LogP contribution in [-0.2, 0) is 25.2 Å². The van der Waals surface area contributed by atoms with Gasteiger partial charge >= 0.3 is 11.9 Å². The first-order chi connectivity index (χ1) is 11.9. The quantitative estimate of drug-likeness (QED) is 0.650. The van der Waals surface area contributed by atoms with E-state index >= 15 is 0 Å². The average Bonchev–Trinajstić information content (AvgIpc) is 2.97. The lowest BCUT2D eigenvalue weighted by Gasteiger charge is -2.31. The van der Waals surface area contributed by atoms with Gasteiger partial charge in [-0.05, 0) is 24.1 Å². The zero-order valence-corrected chi connectivity index (χ0v) is 15.4. The maximum absolute atomic E-state index is 14.5. The number of carbonyl (C=O) groups is 2. The van der Waals surface area contributed by atoms with Crippen molar-refractivity contribution in [3.8, 4) is 0 Å². The molecule has 7 nitrogen and oxygen atoms in total. The second-order valence-electron chi connectivity index (χ2n) is 6.68. The summed E-state index contributed by atoms with van der Waals surface area (Å²) in [6.45, 7) is 0. The molecule has 0 heterocycles. The molecule has 0 radical (unpaired) electrons. The summed E-state index contributed by atoms with van der Waals surface area (Å²) in [7, 11) is -4.14. The lowest BCUT2D eigenvalue weighted by Crippen LogP contribution is -2.62. The van der Waals surface area contributed by atoms with Crippen LogP contribution in [0.15, 0.2) is 18.2 Å². The van der Waals surface area contributed by atoms with Crippen molar-refractivity contribution in [2.75, 3.05) is 0 Å². The van der Waals surface area contributed by atoms with Crippen molar-refractivity contribution >= 4 is 45.0 Å². The van der Waals surface area contributed by atoms with Gasteiger partial charge in [-0.2, -0.15) is 0 Å². The first kappa shape index (κ1) is 19.3. The average molecular weight is 426 g/mol. The summed E-state index contributed by atoms with van der Waals surface area (Å²) in [6, 6.07) is 4.13. The molecular weight excluding hydrogens is 412 g/mol. The number of carboxylic acids is 2. The Morgan fingerprint density at radius 2 is 1.85 bits per heavy atom. The van der Waals surface area contributed by atoms with Crippen molar-refractivity contribution in [1.82, 2.24) is 0 Å². The van der Waals surface area contributed by atoms with E-state index in [1.54, 1.807) is 0 Å². The predicted octanol–water partition coefficient (Wildman–Crippen LogP) is 1.50. The Kier molecular flexibility index (Phi) is 4.31. The molecule has 0 bridgehead atoms. The zero-order chi connectivity index (χ0) is 19.7. The maximum atomic E-state index is 14.5. The highest BCUT2D eigenvalue weighted by molar-refractivity contribution is 7.91. The van der Waals surface area contributed by atoms with Crippen LogP contribution in [0, 0.1) is 11.8 Å². The fraction of sp³-hybridized carbons (Fsp3) is 0.467. The minimum Gasteiger partial charge on any atom is -0.480 e. The minimum atomic E-state index is -4.14. The van der Waals surface area contributed by atoms with Gasteiger partial charge in [0.05, 0.1) is 21.0 Å². The summed E-state index contributed by atoms with van der Waals surface area (Å²) < 4.78 is 40.1. The van der Waals surface area contributed by atoms with Crippen LogP contribution in [0.25, 0.3) is 0 Å². The van der Waals surface area contributed by atoms with Crippen molar-refractivity contribution in [3.05, 3.63) is 33.8 Å². The van der Waals surface area contributed by atoms with Crippen molar-refractivity contribution in [2.24, 2.45) is 17.6 Å². The molecular formula is C15H14Cl2FNO6S. The molecule has 11 heteroatoms. The minimum absolute atomic E-state index is 0.125. The van der Waals surface area contributed by atoms with E-state index in [1.165, 1.54) is 18.2 Å². The molecule has 1 aromatic carbocycles. The highest BCUT2D eigenvalue weighted by Crippen LogP contribution is 2.67. The van der Waals surface area contributed by atoms with Crippen LogP contribution in [0.3, 0.4) is 0 Å². The number of benzene rings is 1. The Morgan fingerprint density at radius 1 is 1.23 bits per heavy atom. The molecule has 0 spiro atoms. The second-order valence-corrected chi connectivity index (χ2v) is 9.67. The number of aliphatic carboxylic acids is 2. The normalized spacial score (nSPS) is 35.8. The van der Waals surface area contributed by atoms with Crippen LogP contribution in [0.1, 0.15) is 12.0 Å². The number of hydrogen-bond donors (Lipinski definition) is 3. The Bertz CT molecular complexity index is 925. The number of halogens is 3.